The highest BCUT2D eigenvalue weighted by molar-refractivity contribution is 6.00. The molecule has 0 saturated heterocycles. The number of methoxy groups -OCH3 is 1. The Morgan fingerprint density at radius 3 is 2.58 bits per heavy atom. The molecular formula is C18H23FN2O3. The smallest absolute Gasteiger partial charge is 0.340 e. The van der Waals surface area contributed by atoms with Crippen molar-refractivity contribution in [3.05, 3.63) is 39.4 Å². The van der Waals surface area contributed by atoms with Gasteiger partial charge in [-0.25, -0.2) is 9.18 Å². The van der Waals surface area contributed by atoms with Crippen LogP contribution >= 0.6 is 0 Å². The molecule has 1 aromatic rings. The van der Waals surface area contributed by atoms with Crippen LogP contribution in [0.4, 0.5) is 4.39 Å². The summed E-state index contributed by atoms with van der Waals surface area (Å²) in [5.41, 5.74) is 5.68. The van der Waals surface area contributed by atoms with Gasteiger partial charge in [0.2, 0.25) is 6.17 Å². The number of hydrogen-bond acceptors (Lipinski definition) is 3. The molecule has 2 N–H and O–H groups in total. The highest BCUT2D eigenvalue weighted by Gasteiger charge is 2.25. The van der Waals surface area contributed by atoms with Gasteiger partial charge in [-0.05, 0) is 50.0 Å². The summed E-state index contributed by atoms with van der Waals surface area (Å²) in [6, 6.07) is 0. The van der Waals surface area contributed by atoms with Gasteiger partial charge in [0.05, 0.1) is 7.11 Å². The van der Waals surface area contributed by atoms with E-state index in [4.69, 9.17) is 0 Å². The molecule has 1 atom stereocenters. The number of esters is 1. The van der Waals surface area contributed by atoms with Crippen molar-refractivity contribution >= 4 is 18.0 Å². The van der Waals surface area contributed by atoms with Crippen LogP contribution in [0.3, 0.4) is 0 Å². The molecule has 1 unspecified atom stereocenters. The molecule has 6 heteroatoms. The van der Waals surface area contributed by atoms with Crippen LogP contribution in [0.1, 0.15) is 42.8 Å². The molecule has 0 aromatic carbocycles. The van der Waals surface area contributed by atoms with Crippen LogP contribution in [0.5, 0.6) is 0 Å². The van der Waals surface area contributed by atoms with Crippen molar-refractivity contribution in [1.82, 2.24) is 10.3 Å². The second-order valence-electron chi connectivity index (χ2n) is 5.93. The second kappa shape index (κ2) is 7.03. The van der Waals surface area contributed by atoms with E-state index >= 15 is 0 Å². The number of amides is 1. The van der Waals surface area contributed by atoms with Crippen molar-refractivity contribution in [3.63, 3.8) is 0 Å². The van der Waals surface area contributed by atoms with Gasteiger partial charge < -0.3 is 15.0 Å². The number of ether oxygens (including phenoxy) is 1. The lowest BCUT2D eigenvalue weighted by molar-refractivity contribution is -0.146. The second-order valence-corrected chi connectivity index (χ2v) is 5.93. The third kappa shape index (κ3) is 3.27. The molecule has 24 heavy (non-hydrogen) atoms. The summed E-state index contributed by atoms with van der Waals surface area (Å²) in [6.07, 6.45) is 0.885. The summed E-state index contributed by atoms with van der Waals surface area (Å²) in [5.74, 6) is -0.960. The molecule has 2 rings (SSSR count). The van der Waals surface area contributed by atoms with Gasteiger partial charge >= 0.3 is 5.97 Å². The molecule has 1 aliphatic heterocycles. The first-order valence-corrected chi connectivity index (χ1v) is 7.93. The number of aryl methyl sites for hydroxylation is 1. The van der Waals surface area contributed by atoms with E-state index < -0.39 is 12.1 Å². The number of nitrogens with one attached hydrogen (secondary N) is 2. The number of rotatable bonds is 5. The van der Waals surface area contributed by atoms with Crippen molar-refractivity contribution in [1.29, 1.82) is 0 Å². The number of carbonyl (C=O) groups is 2. The summed E-state index contributed by atoms with van der Waals surface area (Å²) in [4.78, 5) is 26.3. The minimum atomic E-state index is -1.69. The largest absolute Gasteiger partial charge is 0.467 e. The molecule has 0 aliphatic carbocycles. The van der Waals surface area contributed by atoms with Crippen LogP contribution in [0.15, 0.2) is 16.8 Å². The van der Waals surface area contributed by atoms with Crippen LogP contribution < -0.4 is 5.32 Å². The Balaban J connectivity index is 2.34. The summed E-state index contributed by atoms with van der Waals surface area (Å²) in [6.45, 7) is 7.50. The fraction of sp³-hybridized carbons (Fsp3) is 0.444. The Bertz CT molecular complexity index is 744. The van der Waals surface area contributed by atoms with E-state index in [1.165, 1.54) is 7.11 Å². The molecular weight excluding hydrogens is 311 g/mol. The van der Waals surface area contributed by atoms with Crippen molar-refractivity contribution < 1.29 is 18.7 Å². The first-order chi connectivity index (χ1) is 11.3. The quantitative estimate of drug-likeness (QED) is 0.814. The van der Waals surface area contributed by atoms with Gasteiger partial charge in [-0.2, -0.15) is 0 Å². The monoisotopic (exact) mass is 334 g/mol. The van der Waals surface area contributed by atoms with E-state index in [1.807, 2.05) is 26.8 Å². The standard InChI is InChI=1S/C18H23FN2O3/c1-6-12-10(3)17(22)21-16(12)8-15-9(2)13(11(4)20-15)7-14(19)18(23)24-5/h8,14,20H,6-7H2,1-5H3,(H,21,22)/b16-8-. The normalized spacial score (nSPS) is 17.4. The van der Waals surface area contributed by atoms with Crippen molar-refractivity contribution in [2.45, 2.75) is 46.7 Å². The topological polar surface area (TPSA) is 71.2 Å². The lowest BCUT2D eigenvalue weighted by Crippen LogP contribution is -2.20. The number of hydrogen-bond donors (Lipinski definition) is 2. The Kier molecular flexibility index (Phi) is 5.26. The molecule has 1 amide bonds. The predicted octanol–water partition coefficient (Wildman–Crippen LogP) is 2.88. The molecule has 1 aromatic heterocycles. The summed E-state index contributed by atoms with van der Waals surface area (Å²) in [7, 11) is 1.17. The van der Waals surface area contributed by atoms with Crippen molar-refractivity contribution in [3.8, 4) is 0 Å². The third-order valence-electron chi connectivity index (χ3n) is 4.48. The number of H-pyrrole nitrogens is 1. The molecule has 0 spiro atoms. The van der Waals surface area contributed by atoms with Crippen LogP contribution in [0, 0.1) is 13.8 Å². The van der Waals surface area contributed by atoms with Gasteiger partial charge in [0.25, 0.3) is 5.91 Å². The number of aromatic nitrogens is 1. The molecule has 0 saturated carbocycles. The minimum absolute atomic E-state index is 0.0358. The lowest BCUT2D eigenvalue weighted by Gasteiger charge is -2.07. The Morgan fingerprint density at radius 2 is 2.00 bits per heavy atom. The molecule has 0 fully saturated rings. The lowest BCUT2D eigenvalue weighted by atomic mass is 10.0. The maximum absolute atomic E-state index is 13.9. The molecule has 5 nitrogen and oxygen atoms in total. The third-order valence-corrected chi connectivity index (χ3v) is 4.48. The molecule has 0 radical (unpaired) electrons. The van der Waals surface area contributed by atoms with E-state index in [-0.39, 0.29) is 12.3 Å². The van der Waals surface area contributed by atoms with Crippen LogP contribution in [0.2, 0.25) is 0 Å². The van der Waals surface area contributed by atoms with E-state index in [0.29, 0.717) is 0 Å². The van der Waals surface area contributed by atoms with Gasteiger partial charge in [-0.3, -0.25) is 4.79 Å². The average Bonchev–Trinajstić information content (AvgIpc) is 2.97. The number of aromatic amines is 1. The van der Waals surface area contributed by atoms with Gasteiger partial charge in [-0.15, -0.1) is 0 Å². The van der Waals surface area contributed by atoms with Crippen LogP contribution in [-0.2, 0) is 20.7 Å². The molecule has 1 aliphatic rings. The Morgan fingerprint density at radius 1 is 1.33 bits per heavy atom. The zero-order chi connectivity index (χ0) is 18.0. The Labute approximate surface area is 141 Å². The van der Waals surface area contributed by atoms with Crippen LogP contribution in [0.25, 0.3) is 6.08 Å². The van der Waals surface area contributed by atoms with E-state index in [2.05, 4.69) is 15.0 Å². The number of halogens is 1. The van der Waals surface area contributed by atoms with Gasteiger partial charge in [0.1, 0.15) is 0 Å². The maximum atomic E-state index is 13.9. The average molecular weight is 334 g/mol. The highest BCUT2D eigenvalue weighted by atomic mass is 19.1. The maximum Gasteiger partial charge on any atom is 0.340 e. The fourth-order valence-electron chi connectivity index (χ4n) is 3.01. The fourth-order valence-corrected chi connectivity index (χ4v) is 3.01. The number of alkyl halides is 1. The number of allylic oxidation sites excluding steroid dienone is 1. The summed E-state index contributed by atoms with van der Waals surface area (Å²) < 4.78 is 18.3. The number of carbonyl (C=O) groups excluding carboxylic acids is 2. The van der Waals surface area contributed by atoms with Gasteiger partial charge in [0, 0.05) is 29.1 Å². The first-order valence-electron chi connectivity index (χ1n) is 7.93. The Hall–Kier alpha value is -2.37. The van der Waals surface area contributed by atoms with E-state index in [1.54, 1.807) is 6.92 Å². The van der Waals surface area contributed by atoms with E-state index in [9.17, 15) is 14.0 Å². The SMILES string of the molecule is CCC1=C(C)C(=O)N/C1=C\c1[nH]c(C)c(CC(F)C(=O)OC)c1C. The molecule has 2 heterocycles. The molecule has 0 bridgehead atoms. The first kappa shape index (κ1) is 18.0. The highest BCUT2D eigenvalue weighted by Crippen LogP contribution is 2.28. The van der Waals surface area contributed by atoms with Crippen molar-refractivity contribution in [2.75, 3.05) is 7.11 Å². The zero-order valence-corrected chi connectivity index (χ0v) is 14.7. The minimum Gasteiger partial charge on any atom is -0.467 e. The summed E-state index contributed by atoms with van der Waals surface area (Å²) >= 11 is 0. The van der Waals surface area contributed by atoms with Crippen molar-refractivity contribution in [2.24, 2.45) is 0 Å². The predicted molar refractivity (Wildman–Crippen MR) is 90.0 cm³/mol. The van der Waals surface area contributed by atoms with E-state index in [0.717, 1.165) is 45.8 Å². The van der Waals surface area contributed by atoms with Crippen LogP contribution in [-0.4, -0.2) is 30.1 Å². The summed E-state index contributed by atoms with van der Waals surface area (Å²) in [5, 5.41) is 2.86. The van der Waals surface area contributed by atoms with Gasteiger partial charge in [0.15, 0.2) is 0 Å². The van der Waals surface area contributed by atoms with Gasteiger partial charge in [-0.1, -0.05) is 6.92 Å². The molecule has 130 valence electrons. The zero-order valence-electron chi connectivity index (χ0n) is 14.7.